The maximum atomic E-state index is 13.8. The number of carbonyl (C=O) groups excluding carboxylic acids is 1. The molecular formula is C32H36ClFN6O2. The first kappa shape index (κ1) is 27.6. The number of likely N-dealkylation sites (N-methyl/N-ethyl adjacent to an activating group) is 1. The smallest absolute Gasteiger partial charge is 0.318 e. The zero-order chi connectivity index (χ0) is 29.2. The van der Waals surface area contributed by atoms with Crippen LogP contribution in [-0.2, 0) is 29.5 Å². The molecule has 220 valence electrons. The minimum Gasteiger partial charge on any atom is -0.461 e. The van der Waals surface area contributed by atoms with Crippen molar-refractivity contribution in [2.75, 3.05) is 44.7 Å². The molecule has 2 aliphatic heterocycles. The molecule has 7 rings (SSSR count). The Morgan fingerprint density at radius 2 is 2.05 bits per heavy atom. The largest absolute Gasteiger partial charge is 0.461 e. The number of likely N-dealkylation sites (tertiary alicyclic amines) is 1. The number of carbonyl (C=O) groups is 1. The van der Waals surface area contributed by atoms with E-state index in [1.54, 1.807) is 0 Å². The number of fused-ring (bicyclic) bond motifs is 4. The molecule has 5 aliphatic rings. The van der Waals surface area contributed by atoms with Gasteiger partial charge in [0.25, 0.3) is 5.91 Å². The molecule has 10 heteroatoms. The number of anilines is 1. The van der Waals surface area contributed by atoms with Crippen LogP contribution in [0.15, 0.2) is 30.6 Å². The Kier molecular flexibility index (Phi) is 6.70. The highest BCUT2D eigenvalue weighted by Gasteiger charge is 2.61. The van der Waals surface area contributed by atoms with E-state index in [4.69, 9.17) is 26.3 Å². The summed E-state index contributed by atoms with van der Waals surface area (Å²) >= 11 is 6.61. The van der Waals surface area contributed by atoms with Gasteiger partial charge in [0, 0.05) is 35.6 Å². The summed E-state index contributed by atoms with van der Waals surface area (Å²) in [7, 11) is 2.17. The molecule has 1 aromatic heterocycles. The minimum absolute atomic E-state index is 0.0159. The Hall–Kier alpha value is -3.22. The van der Waals surface area contributed by atoms with E-state index in [9.17, 15) is 14.4 Å². The molecule has 8 nitrogen and oxygen atoms in total. The van der Waals surface area contributed by atoms with Crippen molar-refractivity contribution in [2.45, 2.75) is 68.4 Å². The van der Waals surface area contributed by atoms with Crippen molar-refractivity contribution in [1.29, 1.82) is 5.26 Å². The molecule has 42 heavy (non-hydrogen) atoms. The van der Waals surface area contributed by atoms with Crippen molar-refractivity contribution < 1.29 is 13.9 Å². The van der Waals surface area contributed by atoms with E-state index in [1.165, 1.54) is 22.4 Å². The van der Waals surface area contributed by atoms with Crippen LogP contribution in [0.3, 0.4) is 0 Å². The van der Waals surface area contributed by atoms with Gasteiger partial charge in [-0.15, -0.1) is 0 Å². The summed E-state index contributed by atoms with van der Waals surface area (Å²) in [6.45, 7) is 5.99. The van der Waals surface area contributed by atoms with Crippen molar-refractivity contribution >= 4 is 23.3 Å². The number of nitrogens with zero attached hydrogens (tertiary/aromatic N) is 6. The van der Waals surface area contributed by atoms with Gasteiger partial charge in [0.2, 0.25) is 0 Å². The molecule has 1 saturated carbocycles. The Bertz CT molecular complexity index is 1510. The lowest BCUT2D eigenvalue weighted by Crippen LogP contribution is -2.55. The van der Waals surface area contributed by atoms with E-state index in [0.29, 0.717) is 31.6 Å². The number of benzene rings is 1. The number of hydrogen-bond donors (Lipinski definition) is 0. The van der Waals surface area contributed by atoms with E-state index in [0.717, 1.165) is 67.2 Å². The molecule has 2 saturated heterocycles. The lowest BCUT2D eigenvalue weighted by Gasteiger charge is -2.42. The first-order valence-electron chi connectivity index (χ1n) is 15.0. The van der Waals surface area contributed by atoms with Gasteiger partial charge in [0.15, 0.2) is 5.83 Å². The van der Waals surface area contributed by atoms with Crippen LogP contribution < -0.4 is 9.64 Å². The molecule has 3 heterocycles. The number of rotatable bonds is 6. The monoisotopic (exact) mass is 590 g/mol. The normalized spacial score (nSPS) is 29.6. The summed E-state index contributed by atoms with van der Waals surface area (Å²) in [4.78, 5) is 28.5. The van der Waals surface area contributed by atoms with E-state index < -0.39 is 17.8 Å². The fourth-order valence-corrected chi connectivity index (χ4v) is 8.52. The van der Waals surface area contributed by atoms with Gasteiger partial charge in [-0.05, 0) is 81.6 Å². The van der Waals surface area contributed by atoms with Crippen LogP contribution in [0.1, 0.15) is 54.5 Å². The van der Waals surface area contributed by atoms with Crippen LogP contribution >= 0.6 is 11.6 Å². The quantitative estimate of drug-likeness (QED) is 0.461. The summed E-state index contributed by atoms with van der Waals surface area (Å²) in [5.41, 5.74) is 4.77. The number of piperidine rings is 1. The van der Waals surface area contributed by atoms with Crippen LogP contribution in [0.25, 0.3) is 0 Å². The van der Waals surface area contributed by atoms with Gasteiger partial charge in [-0.3, -0.25) is 9.69 Å². The Labute approximate surface area is 251 Å². The maximum absolute atomic E-state index is 13.8. The lowest BCUT2D eigenvalue weighted by atomic mass is 9.69. The number of ether oxygens (including phenoxy) is 1. The van der Waals surface area contributed by atoms with Gasteiger partial charge >= 0.3 is 6.01 Å². The molecule has 3 fully saturated rings. The van der Waals surface area contributed by atoms with Gasteiger partial charge in [0.1, 0.15) is 12.4 Å². The molecule has 0 radical (unpaired) electrons. The zero-order valence-corrected chi connectivity index (χ0v) is 24.8. The average molecular weight is 591 g/mol. The fourth-order valence-electron chi connectivity index (χ4n) is 8.25. The summed E-state index contributed by atoms with van der Waals surface area (Å²) < 4.78 is 20.2. The molecule has 0 bridgehead atoms. The molecule has 3 aliphatic carbocycles. The van der Waals surface area contributed by atoms with Crippen LogP contribution in [0.5, 0.6) is 6.01 Å². The van der Waals surface area contributed by atoms with Crippen LogP contribution in [-0.4, -0.2) is 77.1 Å². The minimum atomic E-state index is -1.00. The summed E-state index contributed by atoms with van der Waals surface area (Å²) in [5.74, 6) is -0.264. The Balaban J connectivity index is 1.23. The van der Waals surface area contributed by atoms with Gasteiger partial charge in [-0.2, -0.15) is 15.2 Å². The van der Waals surface area contributed by atoms with E-state index in [1.807, 2.05) is 6.07 Å². The number of halogens is 2. The summed E-state index contributed by atoms with van der Waals surface area (Å²) in [6, 6.07) is 8.35. The second kappa shape index (κ2) is 10.2. The van der Waals surface area contributed by atoms with Gasteiger partial charge in [0.05, 0.1) is 29.8 Å². The van der Waals surface area contributed by atoms with Crippen molar-refractivity contribution in [3.63, 3.8) is 0 Å². The van der Waals surface area contributed by atoms with Gasteiger partial charge in [-0.1, -0.05) is 30.3 Å². The van der Waals surface area contributed by atoms with Crippen molar-refractivity contribution in [3.05, 3.63) is 58.0 Å². The molecular weight excluding hydrogens is 555 g/mol. The molecule has 4 atom stereocenters. The predicted molar refractivity (Wildman–Crippen MR) is 157 cm³/mol. The highest BCUT2D eigenvalue weighted by molar-refractivity contribution is 6.31. The van der Waals surface area contributed by atoms with Crippen molar-refractivity contribution in [1.82, 2.24) is 19.8 Å². The third-order valence-electron chi connectivity index (χ3n) is 10.8. The third-order valence-corrected chi connectivity index (χ3v) is 11.1. The standard InChI is InChI=1S/C32H36ClFN6O2/c1-20(34)29(41)40-15-14-39(18-22(40)8-12-35)28-24-7-11-31(10-6-23-25(31)4-3-5-26(23)33)17-27(24)36-30(37-28)42-19-32-16-21(32)9-13-38(32)2/h3-5,21-22H,1,6-11,13-19H2,2H3/t21?,22-,31-,32?/m0/s1. The number of amides is 1. The van der Waals surface area contributed by atoms with Crippen LogP contribution in [0.2, 0.25) is 5.02 Å². The molecule has 0 N–H and O–H groups in total. The van der Waals surface area contributed by atoms with Crippen LogP contribution in [0, 0.1) is 17.2 Å². The Morgan fingerprint density at radius 3 is 2.76 bits per heavy atom. The number of nitriles is 1. The highest BCUT2D eigenvalue weighted by Crippen LogP contribution is 2.55. The second-order valence-corrected chi connectivity index (χ2v) is 13.3. The molecule has 1 spiro atoms. The highest BCUT2D eigenvalue weighted by atomic mass is 35.5. The first-order chi connectivity index (χ1) is 20.2. The topological polar surface area (TPSA) is 85.6 Å². The van der Waals surface area contributed by atoms with E-state index in [2.05, 4.69) is 41.6 Å². The summed E-state index contributed by atoms with van der Waals surface area (Å²) in [5, 5.41) is 10.3. The van der Waals surface area contributed by atoms with Gasteiger partial charge < -0.3 is 14.5 Å². The number of hydrogen-bond acceptors (Lipinski definition) is 7. The zero-order valence-electron chi connectivity index (χ0n) is 24.0. The average Bonchev–Trinajstić information content (AvgIpc) is 3.48. The predicted octanol–water partition coefficient (Wildman–Crippen LogP) is 4.39. The van der Waals surface area contributed by atoms with Crippen molar-refractivity contribution in [3.8, 4) is 12.1 Å². The van der Waals surface area contributed by atoms with E-state index in [-0.39, 0.29) is 23.9 Å². The van der Waals surface area contributed by atoms with E-state index >= 15 is 0 Å². The number of aromatic nitrogens is 2. The van der Waals surface area contributed by atoms with Gasteiger partial charge in [-0.25, -0.2) is 4.39 Å². The third kappa shape index (κ3) is 4.37. The van der Waals surface area contributed by atoms with Crippen molar-refractivity contribution in [2.24, 2.45) is 5.92 Å². The SMILES string of the molecule is C=C(F)C(=O)N1CCN(c2nc(OCC34CC3CCN4C)nc3c2CC[C@@]2(CCc4c(Cl)cccc42)C3)C[C@@H]1CC#N. The Morgan fingerprint density at radius 1 is 1.24 bits per heavy atom. The second-order valence-electron chi connectivity index (χ2n) is 12.8. The molecule has 1 aromatic carbocycles. The molecule has 1 amide bonds. The first-order valence-corrected chi connectivity index (χ1v) is 15.4. The number of piperazine rings is 1. The van der Waals surface area contributed by atoms with Crippen LogP contribution in [0.4, 0.5) is 10.2 Å². The maximum Gasteiger partial charge on any atom is 0.318 e. The molecule has 2 aromatic rings. The lowest BCUT2D eigenvalue weighted by molar-refractivity contribution is -0.131. The fraction of sp³-hybridized carbons (Fsp3) is 0.562. The molecule has 2 unspecified atom stereocenters. The summed E-state index contributed by atoms with van der Waals surface area (Å²) in [6.07, 6.45) is 7.03.